The summed E-state index contributed by atoms with van der Waals surface area (Å²) in [6.45, 7) is 2.87. The van der Waals surface area contributed by atoms with Crippen LogP contribution in [0.5, 0.6) is 17.2 Å². The number of hydrogen-bond acceptors (Lipinski definition) is 7. The van der Waals surface area contributed by atoms with Gasteiger partial charge in [0.15, 0.2) is 0 Å². The van der Waals surface area contributed by atoms with E-state index in [1.54, 1.807) is 20.4 Å². The SMILES string of the molecule is CCCCOc1cccc(/C=N\Nc2nc(-c3ccc(OC)cc3OC)cs2)c1. The number of rotatable bonds is 10. The predicted molar refractivity (Wildman–Crippen MR) is 119 cm³/mol. The van der Waals surface area contributed by atoms with Crippen LogP contribution in [0.15, 0.2) is 52.9 Å². The number of thiazole rings is 1. The van der Waals surface area contributed by atoms with Crippen molar-refractivity contribution in [3.8, 4) is 28.5 Å². The Bertz CT molecular complexity index is 956. The van der Waals surface area contributed by atoms with Gasteiger partial charge in [0, 0.05) is 17.0 Å². The molecule has 0 aliphatic rings. The average molecular weight is 412 g/mol. The highest BCUT2D eigenvalue weighted by Gasteiger charge is 2.11. The Morgan fingerprint density at radius 1 is 1.10 bits per heavy atom. The van der Waals surface area contributed by atoms with Gasteiger partial charge in [0.2, 0.25) is 5.13 Å². The predicted octanol–water partition coefficient (Wildman–Crippen LogP) is 5.45. The maximum atomic E-state index is 5.73. The first-order chi connectivity index (χ1) is 14.2. The number of ether oxygens (including phenoxy) is 3. The first kappa shape index (κ1) is 20.7. The van der Waals surface area contributed by atoms with Gasteiger partial charge in [-0.2, -0.15) is 5.10 Å². The zero-order valence-corrected chi connectivity index (χ0v) is 17.7. The molecule has 0 fully saturated rings. The quantitative estimate of drug-likeness (QED) is 0.273. The number of anilines is 1. The molecular formula is C22H25N3O3S. The molecule has 29 heavy (non-hydrogen) atoms. The fourth-order valence-electron chi connectivity index (χ4n) is 2.64. The van der Waals surface area contributed by atoms with Crippen LogP contribution in [-0.2, 0) is 0 Å². The molecule has 1 aromatic heterocycles. The van der Waals surface area contributed by atoms with Crippen molar-refractivity contribution in [3.05, 3.63) is 53.4 Å². The second kappa shape index (κ2) is 10.5. The number of hydrogen-bond donors (Lipinski definition) is 1. The fourth-order valence-corrected chi connectivity index (χ4v) is 3.30. The zero-order valence-electron chi connectivity index (χ0n) is 16.8. The maximum Gasteiger partial charge on any atom is 0.203 e. The molecule has 152 valence electrons. The lowest BCUT2D eigenvalue weighted by molar-refractivity contribution is 0.309. The van der Waals surface area contributed by atoms with Crippen molar-refractivity contribution >= 4 is 22.7 Å². The number of nitrogens with one attached hydrogen (secondary N) is 1. The molecule has 0 bridgehead atoms. The summed E-state index contributed by atoms with van der Waals surface area (Å²) >= 11 is 1.48. The van der Waals surface area contributed by atoms with Gasteiger partial charge in [-0.1, -0.05) is 25.5 Å². The highest BCUT2D eigenvalue weighted by molar-refractivity contribution is 7.14. The lowest BCUT2D eigenvalue weighted by atomic mass is 10.1. The molecule has 7 heteroatoms. The molecule has 0 atom stereocenters. The Labute approximate surface area is 175 Å². The van der Waals surface area contributed by atoms with Crippen molar-refractivity contribution in [2.45, 2.75) is 19.8 Å². The monoisotopic (exact) mass is 411 g/mol. The van der Waals surface area contributed by atoms with Gasteiger partial charge in [0.25, 0.3) is 0 Å². The van der Waals surface area contributed by atoms with Crippen LogP contribution in [0.25, 0.3) is 11.3 Å². The van der Waals surface area contributed by atoms with Gasteiger partial charge >= 0.3 is 0 Å². The van der Waals surface area contributed by atoms with Crippen molar-refractivity contribution in [1.29, 1.82) is 0 Å². The topological polar surface area (TPSA) is 65.0 Å². The largest absolute Gasteiger partial charge is 0.497 e. The summed E-state index contributed by atoms with van der Waals surface area (Å²) in [5.41, 5.74) is 5.66. The van der Waals surface area contributed by atoms with Crippen LogP contribution >= 0.6 is 11.3 Å². The van der Waals surface area contributed by atoms with E-state index < -0.39 is 0 Å². The van der Waals surface area contributed by atoms with Crippen LogP contribution in [0, 0.1) is 0 Å². The van der Waals surface area contributed by atoms with Crippen molar-refractivity contribution in [3.63, 3.8) is 0 Å². The summed E-state index contributed by atoms with van der Waals surface area (Å²) in [5, 5.41) is 6.95. The van der Waals surface area contributed by atoms with E-state index in [1.807, 2.05) is 47.8 Å². The summed E-state index contributed by atoms with van der Waals surface area (Å²) in [5.74, 6) is 2.31. The third-order valence-corrected chi connectivity index (χ3v) is 4.93. The highest BCUT2D eigenvalue weighted by atomic mass is 32.1. The van der Waals surface area contributed by atoms with Gasteiger partial charge in [-0.3, -0.25) is 5.43 Å². The minimum atomic E-state index is 0.699. The third-order valence-electron chi connectivity index (χ3n) is 4.19. The van der Waals surface area contributed by atoms with Crippen LogP contribution in [0.1, 0.15) is 25.3 Å². The first-order valence-electron chi connectivity index (χ1n) is 9.43. The minimum absolute atomic E-state index is 0.699. The van der Waals surface area contributed by atoms with Crippen molar-refractivity contribution in [2.75, 3.05) is 26.3 Å². The van der Waals surface area contributed by atoms with Gasteiger partial charge in [-0.15, -0.1) is 11.3 Å². The molecule has 0 unspecified atom stereocenters. The molecule has 0 spiro atoms. The Balaban J connectivity index is 1.64. The van der Waals surface area contributed by atoms with Crippen LogP contribution < -0.4 is 19.6 Å². The van der Waals surface area contributed by atoms with Gasteiger partial charge in [0.1, 0.15) is 17.2 Å². The van der Waals surface area contributed by atoms with E-state index in [9.17, 15) is 0 Å². The molecule has 3 aromatic rings. The van der Waals surface area contributed by atoms with Gasteiger partial charge in [-0.25, -0.2) is 4.98 Å². The summed E-state index contributed by atoms with van der Waals surface area (Å²) in [4.78, 5) is 4.59. The van der Waals surface area contributed by atoms with Crippen LogP contribution in [-0.4, -0.2) is 32.0 Å². The van der Waals surface area contributed by atoms with E-state index in [0.29, 0.717) is 10.9 Å². The molecule has 2 aromatic carbocycles. The molecule has 0 saturated heterocycles. The molecule has 0 saturated carbocycles. The van der Waals surface area contributed by atoms with Crippen molar-refractivity contribution in [1.82, 2.24) is 4.98 Å². The highest BCUT2D eigenvalue weighted by Crippen LogP contribution is 2.34. The molecule has 1 N–H and O–H groups in total. The van der Waals surface area contributed by atoms with E-state index >= 15 is 0 Å². The van der Waals surface area contributed by atoms with E-state index in [-0.39, 0.29) is 0 Å². The number of nitrogens with zero attached hydrogens (tertiary/aromatic N) is 2. The van der Waals surface area contributed by atoms with Crippen LogP contribution in [0.4, 0.5) is 5.13 Å². The summed E-state index contributed by atoms with van der Waals surface area (Å²) in [7, 11) is 3.26. The lowest BCUT2D eigenvalue weighted by Crippen LogP contribution is -1.97. The second-order valence-corrected chi connectivity index (χ2v) is 7.11. The molecule has 0 radical (unpaired) electrons. The summed E-state index contributed by atoms with van der Waals surface area (Å²) in [6, 6.07) is 13.5. The summed E-state index contributed by atoms with van der Waals surface area (Å²) < 4.78 is 16.4. The Hall–Kier alpha value is -3.06. The van der Waals surface area contributed by atoms with Crippen LogP contribution in [0.3, 0.4) is 0 Å². The standard InChI is InChI=1S/C22H25N3O3S/c1-4-5-11-28-18-8-6-7-16(12-18)14-23-25-22-24-20(15-29-22)19-10-9-17(26-2)13-21(19)27-3/h6-10,12-15H,4-5,11H2,1-3H3,(H,24,25)/b23-14-. The number of aromatic nitrogens is 1. The smallest absolute Gasteiger partial charge is 0.203 e. The molecule has 0 amide bonds. The van der Waals surface area contributed by atoms with E-state index in [0.717, 1.165) is 47.8 Å². The van der Waals surface area contributed by atoms with Gasteiger partial charge in [-0.05, 0) is 36.2 Å². The third kappa shape index (κ3) is 5.71. The first-order valence-corrected chi connectivity index (χ1v) is 10.3. The number of unbranched alkanes of at least 4 members (excludes halogenated alkanes) is 1. The van der Waals surface area contributed by atoms with Gasteiger partial charge in [0.05, 0.1) is 32.7 Å². The van der Waals surface area contributed by atoms with E-state index in [2.05, 4.69) is 22.4 Å². The molecule has 0 aliphatic carbocycles. The molecular weight excluding hydrogens is 386 g/mol. The van der Waals surface area contributed by atoms with Crippen molar-refractivity contribution < 1.29 is 14.2 Å². The number of hydrazone groups is 1. The fraction of sp³-hybridized carbons (Fsp3) is 0.273. The van der Waals surface area contributed by atoms with Crippen molar-refractivity contribution in [2.24, 2.45) is 5.10 Å². The Morgan fingerprint density at radius 3 is 2.79 bits per heavy atom. The average Bonchev–Trinajstić information content (AvgIpc) is 3.22. The van der Waals surface area contributed by atoms with E-state index in [1.165, 1.54) is 11.3 Å². The van der Waals surface area contributed by atoms with E-state index in [4.69, 9.17) is 14.2 Å². The minimum Gasteiger partial charge on any atom is -0.497 e. The summed E-state index contributed by atoms with van der Waals surface area (Å²) in [6.07, 6.45) is 3.91. The Kier molecular flexibility index (Phi) is 7.47. The normalized spacial score (nSPS) is 10.9. The van der Waals surface area contributed by atoms with Crippen LogP contribution in [0.2, 0.25) is 0 Å². The maximum absolute atomic E-state index is 5.73. The zero-order chi connectivity index (χ0) is 20.5. The number of benzene rings is 2. The molecule has 6 nitrogen and oxygen atoms in total. The van der Waals surface area contributed by atoms with Gasteiger partial charge < -0.3 is 14.2 Å². The number of methoxy groups -OCH3 is 2. The lowest BCUT2D eigenvalue weighted by Gasteiger charge is -2.08. The Morgan fingerprint density at radius 2 is 2.00 bits per heavy atom. The molecule has 0 aliphatic heterocycles. The second-order valence-electron chi connectivity index (χ2n) is 6.25. The molecule has 1 heterocycles. The molecule has 3 rings (SSSR count).